The number of hydrogen-bond acceptors (Lipinski definition) is 1. The quantitative estimate of drug-likeness (QED) is 0.363. The maximum absolute atomic E-state index is 4.60. The molecule has 1 aliphatic heterocycles. The molecular weight excluding hydrogens is 328 g/mol. The van der Waals surface area contributed by atoms with E-state index in [0.29, 0.717) is 0 Å². The first-order chi connectivity index (χ1) is 13.4. The fourth-order valence-corrected chi connectivity index (χ4v) is 4.31. The number of hydrogen-bond donors (Lipinski definition) is 1. The summed E-state index contributed by atoms with van der Waals surface area (Å²) in [5.41, 5.74) is 4.43. The average molecular weight is 344 g/mol. The Balaban J connectivity index is 1.79. The molecule has 0 fully saturated rings. The molecule has 1 aliphatic rings. The van der Waals surface area contributed by atoms with Crippen LogP contribution in [0.4, 0.5) is 0 Å². The van der Waals surface area contributed by atoms with Gasteiger partial charge in [-0.2, -0.15) is 0 Å². The largest absolute Gasteiger partial charge is 0.361 e. The van der Waals surface area contributed by atoms with Crippen LogP contribution >= 0.6 is 0 Å². The fraction of sp³-hybridized carbons (Fsp3) is 0. The van der Waals surface area contributed by atoms with E-state index in [0.717, 1.165) is 17.0 Å². The van der Waals surface area contributed by atoms with E-state index in [1.807, 2.05) is 24.6 Å². The molecule has 0 bridgehead atoms. The summed E-state index contributed by atoms with van der Waals surface area (Å²) in [5.74, 6) is 0. The fourth-order valence-electron chi connectivity index (χ4n) is 4.31. The van der Waals surface area contributed by atoms with Crippen molar-refractivity contribution in [3.8, 4) is 0 Å². The normalized spacial score (nSPS) is 15.6. The van der Waals surface area contributed by atoms with Gasteiger partial charge in [0.1, 0.15) is 0 Å². The second-order valence-electron chi connectivity index (χ2n) is 6.95. The van der Waals surface area contributed by atoms with Gasteiger partial charge in [0.15, 0.2) is 0 Å². The van der Waals surface area contributed by atoms with Crippen molar-refractivity contribution in [1.82, 2.24) is 4.98 Å². The highest BCUT2D eigenvalue weighted by atomic mass is 14.8. The van der Waals surface area contributed by atoms with E-state index >= 15 is 0 Å². The van der Waals surface area contributed by atoms with E-state index in [2.05, 4.69) is 76.7 Å². The number of rotatable bonds is 2. The van der Waals surface area contributed by atoms with E-state index in [4.69, 9.17) is 0 Å². The van der Waals surface area contributed by atoms with Crippen LogP contribution < -0.4 is 0 Å². The summed E-state index contributed by atoms with van der Waals surface area (Å²) < 4.78 is 0. The summed E-state index contributed by atoms with van der Waals surface area (Å²) in [6, 6.07) is 24.1. The van der Waals surface area contributed by atoms with Gasteiger partial charge in [0, 0.05) is 23.7 Å². The number of nitrogens with zero attached hydrogens (tertiary/aromatic N) is 1. The van der Waals surface area contributed by atoms with Gasteiger partial charge in [-0.3, -0.25) is 4.99 Å². The van der Waals surface area contributed by atoms with Gasteiger partial charge >= 0.3 is 0 Å². The molecule has 0 spiro atoms. The van der Waals surface area contributed by atoms with Gasteiger partial charge in [0.25, 0.3) is 0 Å². The molecule has 5 aromatic rings. The van der Waals surface area contributed by atoms with Crippen molar-refractivity contribution in [2.45, 2.75) is 0 Å². The molecule has 0 aliphatic carbocycles. The van der Waals surface area contributed by atoms with Gasteiger partial charge in [-0.05, 0) is 62.2 Å². The van der Waals surface area contributed by atoms with Crippen LogP contribution in [0, 0.1) is 0 Å². The SMILES string of the molecule is C1=C/C(=C(/c2ccc[nH]2)c2ccc3ccc4cccc5ccc2c3c45)N=C1. The van der Waals surface area contributed by atoms with Crippen LogP contribution in [0.2, 0.25) is 0 Å². The molecular formula is C25H16N2. The molecule has 2 nitrogen and oxygen atoms in total. The maximum Gasteiger partial charge on any atom is 0.0729 e. The van der Waals surface area contributed by atoms with Crippen LogP contribution in [0.1, 0.15) is 11.3 Å². The minimum atomic E-state index is 0.993. The molecule has 0 radical (unpaired) electrons. The van der Waals surface area contributed by atoms with Gasteiger partial charge in [0.2, 0.25) is 0 Å². The Hall–Kier alpha value is -3.65. The van der Waals surface area contributed by atoms with Crippen LogP contribution in [-0.2, 0) is 0 Å². The molecule has 6 rings (SSSR count). The van der Waals surface area contributed by atoms with E-state index in [-0.39, 0.29) is 0 Å². The lowest BCUT2D eigenvalue weighted by Gasteiger charge is -2.16. The zero-order chi connectivity index (χ0) is 17.8. The smallest absolute Gasteiger partial charge is 0.0729 e. The third-order valence-electron chi connectivity index (χ3n) is 5.48. The predicted octanol–water partition coefficient (Wildman–Crippen LogP) is 6.31. The molecule has 2 heterocycles. The highest BCUT2D eigenvalue weighted by Crippen LogP contribution is 2.40. The topological polar surface area (TPSA) is 28.1 Å². The van der Waals surface area contributed by atoms with E-state index in [9.17, 15) is 0 Å². The number of H-pyrrole nitrogens is 1. The number of aromatic amines is 1. The maximum atomic E-state index is 4.60. The van der Waals surface area contributed by atoms with Crippen molar-refractivity contribution in [1.29, 1.82) is 0 Å². The van der Waals surface area contributed by atoms with Crippen LogP contribution in [-0.4, -0.2) is 11.2 Å². The van der Waals surface area contributed by atoms with Gasteiger partial charge in [-0.15, -0.1) is 0 Å². The summed E-state index contributed by atoms with van der Waals surface area (Å²) in [5, 5.41) is 7.80. The number of benzene rings is 4. The monoisotopic (exact) mass is 344 g/mol. The zero-order valence-corrected chi connectivity index (χ0v) is 14.6. The average Bonchev–Trinajstić information content (AvgIpc) is 3.42. The summed E-state index contributed by atoms with van der Waals surface area (Å²) in [6.45, 7) is 0. The Morgan fingerprint density at radius 3 is 2.26 bits per heavy atom. The molecule has 27 heavy (non-hydrogen) atoms. The van der Waals surface area contributed by atoms with Crippen molar-refractivity contribution < 1.29 is 0 Å². The lowest BCUT2D eigenvalue weighted by atomic mass is 9.88. The lowest BCUT2D eigenvalue weighted by molar-refractivity contribution is 1.32. The van der Waals surface area contributed by atoms with Crippen LogP contribution in [0.25, 0.3) is 37.9 Å². The van der Waals surface area contributed by atoms with Crippen molar-refractivity contribution >= 4 is 44.1 Å². The zero-order valence-electron chi connectivity index (χ0n) is 14.6. The summed E-state index contributed by atoms with van der Waals surface area (Å²) in [7, 11) is 0. The van der Waals surface area contributed by atoms with Crippen molar-refractivity contribution in [3.63, 3.8) is 0 Å². The first-order valence-electron chi connectivity index (χ1n) is 9.16. The minimum absolute atomic E-state index is 0.993. The molecule has 1 N–H and O–H groups in total. The van der Waals surface area contributed by atoms with Gasteiger partial charge in [-0.1, -0.05) is 54.6 Å². The van der Waals surface area contributed by atoms with Crippen LogP contribution in [0.15, 0.2) is 95.8 Å². The van der Waals surface area contributed by atoms with Gasteiger partial charge in [-0.25, -0.2) is 0 Å². The second-order valence-corrected chi connectivity index (χ2v) is 6.95. The molecule has 4 aromatic carbocycles. The van der Waals surface area contributed by atoms with Crippen molar-refractivity contribution in [3.05, 3.63) is 102 Å². The molecule has 0 saturated heterocycles. The molecule has 1 aromatic heterocycles. The van der Waals surface area contributed by atoms with Crippen molar-refractivity contribution in [2.24, 2.45) is 4.99 Å². The summed E-state index contributed by atoms with van der Waals surface area (Å²) >= 11 is 0. The molecule has 0 atom stereocenters. The Kier molecular flexibility index (Phi) is 2.91. The molecule has 0 saturated carbocycles. The lowest BCUT2D eigenvalue weighted by Crippen LogP contribution is -1.95. The Morgan fingerprint density at radius 2 is 1.52 bits per heavy atom. The van der Waals surface area contributed by atoms with E-state index in [1.165, 1.54) is 37.9 Å². The van der Waals surface area contributed by atoms with Gasteiger partial charge in [0.05, 0.1) is 5.70 Å². The number of allylic oxidation sites excluding steroid dienone is 2. The van der Waals surface area contributed by atoms with E-state index in [1.54, 1.807) is 0 Å². The van der Waals surface area contributed by atoms with E-state index < -0.39 is 0 Å². The first kappa shape index (κ1) is 14.5. The third kappa shape index (κ3) is 2.04. The third-order valence-corrected chi connectivity index (χ3v) is 5.48. The summed E-state index contributed by atoms with van der Waals surface area (Å²) in [4.78, 5) is 7.98. The highest BCUT2D eigenvalue weighted by molar-refractivity contribution is 6.25. The number of aromatic nitrogens is 1. The molecule has 2 heteroatoms. The summed E-state index contributed by atoms with van der Waals surface area (Å²) in [6.07, 6.45) is 7.89. The second kappa shape index (κ2) is 5.42. The molecule has 0 unspecified atom stereocenters. The van der Waals surface area contributed by atoms with Gasteiger partial charge < -0.3 is 4.98 Å². The molecule has 0 amide bonds. The standard InChI is InChI=1S/C25H16N2/c1-4-16-8-9-18-11-13-20(19-12-10-17(5-1)23(16)24(18)19)25(21-6-2-14-26-21)22-7-3-15-27-22/h1-15,26H/b25-22-. The van der Waals surface area contributed by atoms with Crippen molar-refractivity contribution in [2.75, 3.05) is 0 Å². The molecule has 126 valence electrons. The predicted molar refractivity (Wildman–Crippen MR) is 115 cm³/mol. The van der Waals surface area contributed by atoms with Crippen LogP contribution in [0.3, 0.4) is 0 Å². The number of nitrogens with one attached hydrogen (secondary N) is 1. The first-order valence-corrected chi connectivity index (χ1v) is 9.16. The minimum Gasteiger partial charge on any atom is -0.361 e. The van der Waals surface area contributed by atoms with Crippen LogP contribution in [0.5, 0.6) is 0 Å². The Labute approximate surface area is 156 Å². The highest BCUT2D eigenvalue weighted by Gasteiger charge is 2.17. The Bertz CT molecular complexity index is 1370. The number of aliphatic imine (C=N–C) groups is 1. The Morgan fingerprint density at radius 1 is 0.741 bits per heavy atom.